The van der Waals surface area contributed by atoms with Gasteiger partial charge in [0.15, 0.2) is 0 Å². The van der Waals surface area contributed by atoms with Crippen LogP contribution in [0.15, 0.2) is 0 Å². The molecule has 0 aromatic rings. The topological polar surface area (TPSA) is 58.4 Å². The first-order chi connectivity index (χ1) is 8.63. The zero-order valence-corrected chi connectivity index (χ0v) is 12.0. The Bertz CT molecular complexity index is 243. The first-order valence-corrected chi connectivity index (χ1v) is 7.33. The number of nitrogens with two attached hydrogens (primary N) is 1. The number of carbonyl (C=O) groups is 1. The van der Waals surface area contributed by atoms with E-state index in [0.29, 0.717) is 13.1 Å². The van der Waals surface area contributed by atoms with Crippen LogP contribution in [-0.2, 0) is 4.79 Å². The first kappa shape index (κ1) is 15.4. The van der Waals surface area contributed by atoms with Crippen molar-refractivity contribution < 1.29 is 4.79 Å². The quantitative estimate of drug-likeness (QED) is 0.719. The molecular formula is C14H29N3O. The molecule has 0 radical (unpaired) electrons. The van der Waals surface area contributed by atoms with Crippen LogP contribution < -0.4 is 11.1 Å². The van der Waals surface area contributed by atoms with Crippen molar-refractivity contribution in [2.75, 3.05) is 32.7 Å². The summed E-state index contributed by atoms with van der Waals surface area (Å²) in [4.78, 5) is 14.3. The second-order valence-corrected chi connectivity index (χ2v) is 5.76. The smallest absolute Gasteiger partial charge is 0.224 e. The van der Waals surface area contributed by atoms with Gasteiger partial charge in [-0.15, -0.1) is 0 Å². The molecule has 0 aliphatic carbocycles. The number of hydrogen-bond acceptors (Lipinski definition) is 3. The van der Waals surface area contributed by atoms with Gasteiger partial charge in [-0.1, -0.05) is 13.8 Å². The van der Waals surface area contributed by atoms with Gasteiger partial charge < -0.3 is 16.0 Å². The number of likely N-dealkylation sites (tertiary alicyclic amines) is 1. The maximum Gasteiger partial charge on any atom is 0.224 e. The van der Waals surface area contributed by atoms with Crippen molar-refractivity contribution in [2.45, 2.75) is 39.5 Å². The fourth-order valence-electron chi connectivity index (χ4n) is 2.54. The van der Waals surface area contributed by atoms with E-state index in [0.717, 1.165) is 38.4 Å². The molecule has 4 heteroatoms. The monoisotopic (exact) mass is 255 g/mol. The number of nitrogens with zero attached hydrogens (tertiary/aromatic N) is 1. The molecule has 0 aromatic carbocycles. The van der Waals surface area contributed by atoms with Crippen molar-refractivity contribution in [3.8, 4) is 0 Å². The Hall–Kier alpha value is -0.610. The van der Waals surface area contributed by atoms with Crippen molar-refractivity contribution in [3.63, 3.8) is 0 Å². The van der Waals surface area contributed by atoms with E-state index in [2.05, 4.69) is 24.1 Å². The third kappa shape index (κ3) is 5.83. The summed E-state index contributed by atoms with van der Waals surface area (Å²) in [6.45, 7) is 8.86. The lowest BCUT2D eigenvalue weighted by Crippen LogP contribution is -2.44. The lowest BCUT2D eigenvalue weighted by molar-refractivity contribution is -0.126. The minimum Gasteiger partial charge on any atom is -0.355 e. The maximum absolute atomic E-state index is 11.9. The van der Waals surface area contributed by atoms with Gasteiger partial charge in [-0.3, -0.25) is 4.79 Å². The molecule has 18 heavy (non-hydrogen) atoms. The van der Waals surface area contributed by atoms with E-state index in [1.54, 1.807) is 0 Å². The highest BCUT2D eigenvalue weighted by atomic mass is 16.1. The van der Waals surface area contributed by atoms with E-state index in [-0.39, 0.29) is 11.8 Å². The Morgan fingerprint density at radius 2 is 2.28 bits per heavy atom. The molecule has 1 unspecified atom stereocenters. The summed E-state index contributed by atoms with van der Waals surface area (Å²) < 4.78 is 0. The van der Waals surface area contributed by atoms with Crippen molar-refractivity contribution >= 4 is 5.91 Å². The summed E-state index contributed by atoms with van der Waals surface area (Å²) in [5.41, 5.74) is 5.40. The van der Waals surface area contributed by atoms with Gasteiger partial charge in [0.05, 0.1) is 5.92 Å². The van der Waals surface area contributed by atoms with Gasteiger partial charge in [0.1, 0.15) is 0 Å². The van der Waals surface area contributed by atoms with E-state index in [9.17, 15) is 4.79 Å². The molecule has 0 aromatic heterocycles. The van der Waals surface area contributed by atoms with Gasteiger partial charge in [-0.2, -0.15) is 0 Å². The molecule has 1 aliphatic rings. The summed E-state index contributed by atoms with van der Waals surface area (Å²) in [6, 6.07) is 0. The van der Waals surface area contributed by atoms with Gasteiger partial charge in [0.2, 0.25) is 5.91 Å². The van der Waals surface area contributed by atoms with E-state index in [1.807, 2.05) is 0 Å². The minimum atomic E-state index is 0.171. The Kier molecular flexibility index (Phi) is 7.28. The Morgan fingerprint density at radius 3 is 2.94 bits per heavy atom. The Labute approximate surface area is 111 Å². The number of rotatable bonds is 7. The van der Waals surface area contributed by atoms with E-state index < -0.39 is 0 Å². The molecule has 1 atom stereocenters. The van der Waals surface area contributed by atoms with Crippen molar-refractivity contribution in [2.24, 2.45) is 17.6 Å². The van der Waals surface area contributed by atoms with Crippen LogP contribution in [0, 0.1) is 11.8 Å². The van der Waals surface area contributed by atoms with Crippen LogP contribution in [0.3, 0.4) is 0 Å². The zero-order valence-electron chi connectivity index (χ0n) is 12.0. The van der Waals surface area contributed by atoms with Crippen LogP contribution >= 0.6 is 0 Å². The largest absolute Gasteiger partial charge is 0.355 e. The number of nitrogens with one attached hydrogen (secondary N) is 1. The predicted molar refractivity (Wildman–Crippen MR) is 75.3 cm³/mol. The molecule has 1 heterocycles. The molecule has 1 saturated heterocycles. The summed E-state index contributed by atoms with van der Waals surface area (Å²) in [5.74, 6) is 1.14. The molecule has 1 amide bonds. The molecule has 106 valence electrons. The highest BCUT2D eigenvalue weighted by Crippen LogP contribution is 2.17. The van der Waals surface area contributed by atoms with Gasteiger partial charge >= 0.3 is 0 Å². The average molecular weight is 255 g/mol. The number of carbonyl (C=O) groups excluding carboxylic acids is 1. The summed E-state index contributed by atoms with van der Waals surface area (Å²) in [6.07, 6.45) is 4.69. The number of hydrogen-bond donors (Lipinski definition) is 2. The highest BCUT2D eigenvalue weighted by Gasteiger charge is 2.24. The third-order valence-electron chi connectivity index (χ3n) is 3.58. The van der Waals surface area contributed by atoms with Crippen LogP contribution in [0.5, 0.6) is 0 Å². The Balaban J connectivity index is 2.25. The third-order valence-corrected chi connectivity index (χ3v) is 3.58. The molecule has 0 saturated carbocycles. The second-order valence-electron chi connectivity index (χ2n) is 5.76. The van der Waals surface area contributed by atoms with Gasteiger partial charge in [-0.25, -0.2) is 0 Å². The van der Waals surface area contributed by atoms with Crippen LogP contribution in [0.1, 0.15) is 39.5 Å². The highest BCUT2D eigenvalue weighted by molar-refractivity contribution is 5.78. The van der Waals surface area contributed by atoms with Gasteiger partial charge in [0.25, 0.3) is 0 Å². The van der Waals surface area contributed by atoms with E-state index >= 15 is 0 Å². The van der Waals surface area contributed by atoms with Crippen molar-refractivity contribution in [1.29, 1.82) is 0 Å². The van der Waals surface area contributed by atoms with E-state index in [1.165, 1.54) is 12.8 Å². The first-order valence-electron chi connectivity index (χ1n) is 7.33. The van der Waals surface area contributed by atoms with E-state index in [4.69, 9.17) is 5.73 Å². The fourth-order valence-corrected chi connectivity index (χ4v) is 2.54. The number of piperidine rings is 1. The summed E-state index contributed by atoms with van der Waals surface area (Å²) >= 11 is 0. The predicted octanol–water partition coefficient (Wildman–Crippen LogP) is 1.21. The van der Waals surface area contributed by atoms with Gasteiger partial charge in [-0.05, 0) is 44.7 Å². The summed E-state index contributed by atoms with van der Waals surface area (Å²) in [5, 5.41) is 2.91. The molecule has 4 nitrogen and oxygen atoms in total. The van der Waals surface area contributed by atoms with Crippen molar-refractivity contribution in [3.05, 3.63) is 0 Å². The summed E-state index contributed by atoms with van der Waals surface area (Å²) in [7, 11) is 0. The molecule has 3 N–H and O–H groups in total. The van der Waals surface area contributed by atoms with Crippen LogP contribution in [0.4, 0.5) is 0 Å². The molecule has 1 rings (SSSR count). The Morgan fingerprint density at radius 1 is 1.50 bits per heavy atom. The lowest BCUT2D eigenvalue weighted by atomic mass is 9.96. The van der Waals surface area contributed by atoms with Crippen LogP contribution in [-0.4, -0.2) is 43.5 Å². The fraction of sp³-hybridized carbons (Fsp3) is 0.929. The standard InChI is InChI=1S/C14H29N3O/c1-12(2)5-3-9-17-10-4-6-13(11-17)14(18)16-8-7-15/h12-13H,3-11,15H2,1-2H3,(H,16,18). The van der Waals surface area contributed by atoms with Crippen LogP contribution in [0.2, 0.25) is 0 Å². The zero-order chi connectivity index (χ0) is 13.4. The van der Waals surface area contributed by atoms with Crippen molar-refractivity contribution in [1.82, 2.24) is 10.2 Å². The number of amides is 1. The average Bonchev–Trinajstić information content (AvgIpc) is 2.36. The lowest BCUT2D eigenvalue weighted by Gasteiger charge is -2.32. The molecule has 1 fully saturated rings. The SMILES string of the molecule is CC(C)CCCN1CCCC(C(=O)NCCN)C1. The second kappa shape index (κ2) is 8.48. The maximum atomic E-state index is 11.9. The molecular weight excluding hydrogens is 226 g/mol. The minimum absolute atomic E-state index is 0.171. The molecule has 0 spiro atoms. The van der Waals surface area contributed by atoms with Crippen LogP contribution in [0.25, 0.3) is 0 Å². The molecule has 0 bridgehead atoms. The van der Waals surface area contributed by atoms with Gasteiger partial charge in [0, 0.05) is 19.6 Å². The normalized spacial score (nSPS) is 21.2. The molecule has 1 aliphatic heterocycles.